The third-order valence-electron chi connectivity index (χ3n) is 3.47. The molecule has 0 aliphatic rings. The molecule has 0 aliphatic heterocycles. The molecule has 1 aromatic heterocycles. The summed E-state index contributed by atoms with van der Waals surface area (Å²) < 4.78 is 0.748. The second kappa shape index (κ2) is 8.96. The van der Waals surface area contributed by atoms with Crippen LogP contribution in [-0.2, 0) is 0 Å². The Morgan fingerprint density at radius 2 is 2.00 bits per heavy atom. The minimum absolute atomic E-state index is 0.0587. The van der Waals surface area contributed by atoms with Gasteiger partial charge in [-0.05, 0) is 31.9 Å². The van der Waals surface area contributed by atoms with Crippen LogP contribution in [0.25, 0.3) is 0 Å². The SMILES string of the molecule is CCCN(CCC)C(=O)c1ccc(Sc2nc(C)cs2)c([N+](=O)[O-])c1. The van der Waals surface area contributed by atoms with Crippen molar-refractivity contribution < 1.29 is 9.72 Å². The minimum Gasteiger partial charge on any atom is -0.339 e. The summed E-state index contributed by atoms with van der Waals surface area (Å²) in [7, 11) is 0. The van der Waals surface area contributed by atoms with Crippen LogP contribution in [-0.4, -0.2) is 33.8 Å². The Labute approximate surface area is 155 Å². The van der Waals surface area contributed by atoms with E-state index < -0.39 is 4.92 Å². The summed E-state index contributed by atoms with van der Waals surface area (Å²) in [6, 6.07) is 4.68. The minimum atomic E-state index is -0.441. The standard InChI is InChI=1S/C17H21N3O3S2/c1-4-8-19(9-5-2)16(21)13-6-7-15(14(10-13)20(22)23)25-17-18-12(3)11-24-17/h6-7,10-11H,4-5,8-9H2,1-3H3. The summed E-state index contributed by atoms with van der Waals surface area (Å²) >= 11 is 2.70. The van der Waals surface area contributed by atoms with E-state index in [2.05, 4.69) is 4.98 Å². The molecule has 0 saturated heterocycles. The van der Waals surface area contributed by atoms with Crippen LogP contribution in [0.3, 0.4) is 0 Å². The van der Waals surface area contributed by atoms with Gasteiger partial charge >= 0.3 is 0 Å². The van der Waals surface area contributed by atoms with Crippen LogP contribution in [0, 0.1) is 17.0 Å². The smallest absolute Gasteiger partial charge is 0.284 e. The van der Waals surface area contributed by atoms with Gasteiger partial charge in [-0.15, -0.1) is 11.3 Å². The molecule has 2 aromatic rings. The number of nitrogens with zero attached hydrogens (tertiary/aromatic N) is 3. The Morgan fingerprint density at radius 3 is 2.52 bits per heavy atom. The summed E-state index contributed by atoms with van der Waals surface area (Å²) in [5, 5.41) is 13.4. The van der Waals surface area contributed by atoms with Crippen molar-refractivity contribution in [3.8, 4) is 0 Å². The quantitative estimate of drug-likeness (QED) is 0.487. The Morgan fingerprint density at radius 1 is 1.32 bits per heavy atom. The lowest BCUT2D eigenvalue weighted by Crippen LogP contribution is -2.32. The molecule has 6 nitrogen and oxygen atoms in total. The molecular formula is C17H21N3O3S2. The number of aryl methyl sites for hydroxylation is 1. The predicted molar refractivity (Wildman–Crippen MR) is 101 cm³/mol. The van der Waals surface area contributed by atoms with Gasteiger partial charge in [-0.2, -0.15) is 0 Å². The van der Waals surface area contributed by atoms with Gasteiger partial charge in [-0.25, -0.2) is 4.98 Å². The number of benzene rings is 1. The zero-order valence-electron chi connectivity index (χ0n) is 14.5. The Hall–Kier alpha value is -1.93. The first-order valence-electron chi connectivity index (χ1n) is 8.14. The first kappa shape index (κ1) is 19.4. The van der Waals surface area contributed by atoms with Crippen molar-refractivity contribution in [2.45, 2.75) is 42.8 Å². The molecule has 1 amide bonds. The van der Waals surface area contributed by atoms with Crippen LogP contribution in [0.1, 0.15) is 42.7 Å². The average molecular weight is 380 g/mol. The number of carbonyl (C=O) groups excluding carboxylic acids is 1. The summed E-state index contributed by atoms with van der Waals surface area (Å²) in [4.78, 5) is 30.2. The molecule has 0 spiro atoms. The summed E-state index contributed by atoms with van der Waals surface area (Å²) in [6.07, 6.45) is 1.70. The maximum atomic E-state index is 12.7. The molecule has 134 valence electrons. The highest BCUT2D eigenvalue weighted by atomic mass is 32.2. The molecule has 0 aliphatic carbocycles. The molecule has 8 heteroatoms. The number of carbonyl (C=O) groups is 1. The summed E-state index contributed by atoms with van der Waals surface area (Å²) in [5.41, 5.74) is 1.18. The van der Waals surface area contributed by atoms with Gasteiger partial charge in [0, 0.05) is 35.8 Å². The van der Waals surface area contributed by atoms with E-state index in [4.69, 9.17) is 0 Å². The third kappa shape index (κ3) is 5.02. The van der Waals surface area contributed by atoms with Gasteiger partial charge in [-0.1, -0.05) is 25.6 Å². The fraction of sp³-hybridized carbons (Fsp3) is 0.412. The topological polar surface area (TPSA) is 76.3 Å². The van der Waals surface area contributed by atoms with Crippen LogP contribution in [0.4, 0.5) is 5.69 Å². The van der Waals surface area contributed by atoms with Crippen molar-refractivity contribution >= 4 is 34.7 Å². The maximum absolute atomic E-state index is 12.7. The van der Waals surface area contributed by atoms with E-state index in [1.54, 1.807) is 17.0 Å². The van der Waals surface area contributed by atoms with Crippen LogP contribution >= 0.6 is 23.1 Å². The third-order valence-corrected chi connectivity index (χ3v) is 5.59. The van der Waals surface area contributed by atoms with Gasteiger partial charge in [0.05, 0.1) is 9.82 Å². The normalized spacial score (nSPS) is 10.7. The molecule has 1 aromatic carbocycles. The van der Waals surface area contributed by atoms with Crippen molar-refractivity contribution in [3.63, 3.8) is 0 Å². The van der Waals surface area contributed by atoms with Crippen molar-refractivity contribution in [1.82, 2.24) is 9.88 Å². The van der Waals surface area contributed by atoms with Crippen molar-refractivity contribution in [2.24, 2.45) is 0 Å². The highest BCUT2D eigenvalue weighted by Crippen LogP contribution is 2.37. The average Bonchev–Trinajstić information content (AvgIpc) is 2.99. The van der Waals surface area contributed by atoms with Crippen molar-refractivity contribution in [1.29, 1.82) is 0 Å². The van der Waals surface area contributed by atoms with E-state index in [-0.39, 0.29) is 11.6 Å². The summed E-state index contributed by atoms with van der Waals surface area (Å²) in [6.45, 7) is 7.19. The lowest BCUT2D eigenvalue weighted by Gasteiger charge is -2.21. The number of thiazole rings is 1. The predicted octanol–water partition coefficient (Wildman–Crippen LogP) is 4.77. The van der Waals surface area contributed by atoms with Gasteiger partial charge in [0.2, 0.25) is 0 Å². The maximum Gasteiger partial charge on any atom is 0.284 e. The molecule has 0 radical (unpaired) electrons. The first-order valence-corrected chi connectivity index (χ1v) is 9.83. The van der Waals surface area contributed by atoms with Crippen LogP contribution < -0.4 is 0 Å². The number of hydrogen-bond donors (Lipinski definition) is 0. The molecule has 0 bridgehead atoms. The van der Waals surface area contributed by atoms with E-state index in [1.165, 1.54) is 29.2 Å². The zero-order valence-corrected chi connectivity index (χ0v) is 16.2. The Bertz CT molecular complexity index is 755. The zero-order chi connectivity index (χ0) is 18.4. The van der Waals surface area contributed by atoms with Crippen molar-refractivity contribution in [2.75, 3.05) is 13.1 Å². The van der Waals surface area contributed by atoms with E-state index in [9.17, 15) is 14.9 Å². The lowest BCUT2D eigenvalue weighted by atomic mass is 10.1. The Kier molecular flexibility index (Phi) is 6.95. The monoisotopic (exact) mass is 379 g/mol. The molecular weight excluding hydrogens is 358 g/mol. The van der Waals surface area contributed by atoms with E-state index in [0.717, 1.165) is 22.9 Å². The fourth-order valence-electron chi connectivity index (χ4n) is 2.39. The molecule has 0 atom stereocenters. The van der Waals surface area contributed by atoms with Gasteiger partial charge in [0.1, 0.15) is 0 Å². The molecule has 1 heterocycles. The molecule has 0 N–H and O–H groups in total. The second-order valence-corrected chi connectivity index (χ2v) is 7.74. The van der Waals surface area contributed by atoms with E-state index in [0.29, 0.717) is 23.5 Å². The van der Waals surface area contributed by atoms with Gasteiger partial charge in [-0.3, -0.25) is 14.9 Å². The molecule has 0 fully saturated rings. The van der Waals surface area contributed by atoms with Crippen LogP contribution in [0.2, 0.25) is 0 Å². The highest BCUT2D eigenvalue weighted by Gasteiger charge is 2.21. The number of hydrogen-bond acceptors (Lipinski definition) is 6. The van der Waals surface area contributed by atoms with Crippen LogP contribution in [0.5, 0.6) is 0 Å². The first-order chi connectivity index (χ1) is 12.0. The number of nitro benzene ring substituents is 1. The number of amides is 1. The summed E-state index contributed by atoms with van der Waals surface area (Å²) in [5.74, 6) is -0.159. The number of aromatic nitrogens is 1. The molecule has 0 unspecified atom stereocenters. The van der Waals surface area contributed by atoms with Crippen LogP contribution in [0.15, 0.2) is 32.8 Å². The van der Waals surface area contributed by atoms with Crippen molar-refractivity contribution in [3.05, 3.63) is 45.0 Å². The molecule has 0 saturated carbocycles. The van der Waals surface area contributed by atoms with Gasteiger partial charge in [0.15, 0.2) is 4.34 Å². The Balaban J connectivity index is 2.31. The van der Waals surface area contributed by atoms with Gasteiger partial charge < -0.3 is 4.90 Å². The van der Waals surface area contributed by atoms with Gasteiger partial charge in [0.25, 0.3) is 11.6 Å². The largest absolute Gasteiger partial charge is 0.339 e. The number of nitro groups is 1. The highest BCUT2D eigenvalue weighted by molar-refractivity contribution is 8.01. The molecule has 25 heavy (non-hydrogen) atoms. The fourth-order valence-corrected chi connectivity index (χ4v) is 4.27. The lowest BCUT2D eigenvalue weighted by molar-refractivity contribution is -0.387. The second-order valence-electron chi connectivity index (χ2n) is 5.59. The molecule has 2 rings (SSSR count). The number of rotatable bonds is 8. The van der Waals surface area contributed by atoms with E-state index in [1.807, 2.05) is 26.2 Å². The van der Waals surface area contributed by atoms with E-state index >= 15 is 0 Å².